The molecule has 0 spiro atoms. The molecule has 1 aliphatic rings. The number of amides is 1. The van der Waals surface area contributed by atoms with Crippen molar-refractivity contribution in [2.75, 3.05) is 27.9 Å². The van der Waals surface area contributed by atoms with Gasteiger partial charge >= 0.3 is 0 Å². The lowest BCUT2D eigenvalue weighted by Crippen LogP contribution is -2.41. The second kappa shape index (κ2) is 10.8. The van der Waals surface area contributed by atoms with Crippen molar-refractivity contribution in [3.8, 4) is 28.7 Å². The number of carbonyl (C=O) groups excluding carboxylic acids is 1. The highest BCUT2D eigenvalue weighted by atomic mass is 35.5. The zero-order chi connectivity index (χ0) is 26.8. The van der Waals surface area contributed by atoms with Crippen LogP contribution in [0.3, 0.4) is 0 Å². The van der Waals surface area contributed by atoms with Crippen molar-refractivity contribution in [3.05, 3.63) is 93.8 Å². The summed E-state index contributed by atoms with van der Waals surface area (Å²) in [6, 6.07) is 18.6. The number of carbonyl (C=O) groups is 1. The van der Waals surface area contributed by atoms with E-state index in [1.807, 2.05) is 72.5 Å². The Morgan fingerprint density at radius 2 is 1.71 bits per heavy atom. The van der Waals surface area contributed by atoms with Crippen molar-refractivity contribution in [3.63, 3.8) is 0 Å². The van der Waals surface area contributed by atoms with E-state index < -0.39 is 0 Å². The Morgan fingerprint density at radius 1 is 1.00 bits per heavy atom. The lowest BCUT2D eigenvalue weighted by Gasteiger charge is -2.38. The van der Waals surface area contributed by atoms with Crippen LogP contribution in [-0.2, 0) is 17.6 Å². The third-order valence-electron chi connectivity index (χ3n) is 6.94. The maximum absolute atomic E-state index is 13.9. The highest BCUT2D eigenvalue weighted by Gasteiger charge is 2.35. The van der Waals surface area contributed by atoms with Gasteiger partial charge in [0.1, 0.15) is 11.5 Å². The number of fused-ring (bicyclic) bond motifs is 1. The van der Waals surface area contributed by atoms with Crippen LogP contribution >= 0.6 is 11.6 Å². The predicted molar refractivity (Wildman–Crippen MR) is 145 cm³/mol. The fraction of sp³-hybridized carbons (Fsp3) is 0.267. The third-order valence-corrected chi connectivity index (χ3v) is 7.29. The van der Waals surface area contributed by atoms with Gasteiger partial charge in [0.15, 0.2) is 11.5 Å². The van der Waals surface area contributed by atoms with Crippen LogP contribution in [0.25, 0.3) is 11.5 Å². The zero-order valence-corrected chi connectivity index (χ0v) is 22.5. The Morgan fingerprint density at radius 3 is 2.39 bits per heavy atom. The van der Waals surface area contributed by atoms with Crippen molar-refractivity contribution in [1.29, 1.82) is 0 Å². The quantitative estimate of drug-likeness (QED) is 0.288. The van der Waals surface area contributed by atoms with Crippen LogP contribution in [0.15, 0.2) is 65.1 Å². The predicted octanol–water partition coefficient (Wildman–Crippen LogP) is 6.05. The fourth-order valence-electron chi connectivity index (χ4n) is 4.94. The molecule has 1 aliphatic heterocycles. The summed E-state index contributed by atoms with van der Waals surface area (Å²) in [5, 5.41) is 0.595. The van der Waals surface area contributed by atoms with Crippen molar-refractivity contribution in [2.45, 2.75) is 25.8 Å². The molecule has 0 bridgehead atoms. The van der Waals surface area contributed by atoms with E-state index in [2.05, 4.69) is 4.98 Å². The molecule has 5 rings (SSSR count). The molecule has 0 fully saturated rings. The van der Waals surface area contributed by atoms with E-state index in [1.54, 1.807) is 21.3 Å². The minimum absolute atomic E-state index is 0.0620. The van der Waals surface area contributed by atoms with E-state index >= 15 is 0 Å². The number of oxazole rings is 1. The molecule has 0 N–H and O–H groups in total. The second-order valence-electron chi connectivity index (χ2n) is 9.09. The monoisotopic (exact) mass is 532 g/mol. The maximum atomic E-state index is 13.9. The van der Waals surface area contributed by atoms with Gasteiger partial charge in [-0.1, -0.05) is 29.8 Å². The molecule has 0 saturated heterocycles. The number of rotatable bonds is 7. The first-order valence-corrected chi connectivity index (χ1v) is 12.7. The van der Waals surface area contributed by atoms with Crippen LogP contribution < -0.4 is 14.2 Å². The van der Waals surface area contributed by atoms with Crippen molar-refractivity contribution >= 4 is 17.5 Å². The highest BCUT2D eigenvalue weighted by Crippen LogP contribution is 2.43. The third kappa shape index (κ3) is 4.82. The maximum Gasteiger partial charge on any atom is 0.229 e. The summed E-state index contributed by atoms with van der Waals surface area (Å²) in [6.07, 6.45) is 0.784. The van der Waals surface area contributed by atoms with Gasteiger partial charge in [0, 0.05) is 17.1 Å². The van der Waals surface area contributed by atoms with Crippen LogP contribution in [0.4, 0.5) is 0 Å². The minimum Gasteiger partial charge on any atom is -0.497 e. The smallest absolute Gasteiger partial charge is 0.229 e. The number of benzene rings is 3. The molecule has 38 heavy (non-hydrogen) atoms. The number of ether oxygens (including phenoxy) is 3. The molecule has 1 atom stereocenters. The number of methoxy groups -OCH3 is 3. The van der Waals surface area contributed by atoms with Crippen LogP contribution in [0.5, 0.6) is 17.2 Å². The van der Waals surface area contributed by atoms with Gasteiger partial charge in [-0.3, -0.25) is 4.79 Å². The molecule has 3 aromatic carbocycles. The lowest BCUT2D eigenvalue weighted by atomic mass is 9.87. The summed E-state index contributed by atoms with van der Waals surface area (Å²) in [5.41, 5.74) is 4.33. The van der Waals surface area contributed by atoms with Crippen LogP contribution in [0.2, 0.25) is 5.02 Å². The number of nitrogens with zero attached hydrogens (tertiary/aromatic N) is 2. The second-order valence-corrected chi connectivity index (χ2v) is 9.50. The first kappa shape index (κ1) is 25.7. The molecule has 0 aliphatic carbocycles. The lowest BCUT2D eigenvalue weighted by molar-refractivity contribution is -0.132. The zero-order valence-electron chi connectivity index (χ0n) is 21.8. The minimum atomic E-state index is -0.381. The summed E-state index contributed by atoms with van der Waals surface area (Å²) in [4.78, 5) is 20.4. The molecule has 7 nitrogen and oxygen atoms in total. The largest absolute Gasteiger partial charge is 0.497 e. The molecule has 196 valence electrons. The van der Waals surface area contributed by atoms with Crippen LogP contribution in [0, 0.1) is 6.92 Å². The van der Waals surface area contributed by atoms with E-state index in [-0.39, 0.29) is 18.4 Å². The molecule has 8 heteroatoms. The first-order chi connectivity index (χ1) is 18.4. The van der Waals surface area contributed by atoms with Gasteiger partial charge in [-0.2, -0.15) is 0 Å². The Bertz CT molecular complexity index is 1460. The number of halogens is 1. The van der Waals surface area contributed by atoms with Gasteiger partial charge in [0.05, 0.1) is 39.5 Å². The Balaban J connectivity index is 1.49. The van der Waals surface area contributed by atoms with E-state index in [9.17, 15) is 4.79 Å². The van der Waals surface area contributed by atoms with Gasteiger partial charge in [0.2, 0.25) is 11.8 Å². The fourth-order valence-corrected chi connectivity index (χ4v) is 5.18. The number of aromatic nitrogens is 1. The summed E-state index contributed by atoms with van der Waals surface area (Å²) in [7, 11) is 4.85. The average molecular weight is 533 g/mol. The van der Waals surface area contributed by atoms with Crippen molar-refractivity contribution < 1.29 is 23.4 Å². The normalized spacial score (nSPS) is 14.7. The topological polar surface area (TPSA) is 74.0 Å². The summed E-state index contributed by atoms with van der Waals surface area (Å²) in [5.74, 6) is 3.03. The Hall–Kier alpha value is -3.97. The van der Waals surface area contributed by atoms with E-state index in [4.69, 9.17) is 30.2 Å². The molecule has 0 radical (unpaired) electrons. The molecule has 1 amide bonds. The Kier molecular flexibility index (Phi) is 7.29. The Labute approximate surface area is 226 Å². The van der Waals surface area contributed by atoms with Crippen LogP contribution in [0.1, 0.15) is 34.2 Å². The number of hydrogen-bond donors (Lipinski definition) is 0. The number of hydrogen-bond acceptors (Lipinski definition) is 6. The van der Waals surface area contributed by atoms with Gasteiger partial charge in [-0.05, 0) is 72.5 Å². The van der Waals surface area contributed by atoms with E-state index in [1.165, 1.54) is 0 Å². The highest BCUT2D eigenvalue weighted by molar-refractivity contribution is 6.31. The molecular weight excluding hydrogens is 504 g/mol. The summed E-state index contributed by atoms with van der Waals surface area (Å²) in [6.45, 7) is 2.36. The first-order valence-electron chi connectivity index (χ1n) is 12.3. The summed E-state index contributed by atoms with van der Waals surface area (Å²) >= 11 is 6.67. The summed E-state index contributed by atoms with van der Waals surface area (Å²) < 4.78 is 22.3. The standard InChI is InChI=1S/C30H29ClN2O5/c1-18-25(32-30(38-18)19-9-11-21(35-2)12-10-19)17-28(34)33-14-13-20-15-26(36-3)27(37-4)16-23(20)29(33)22-7-5-6-8-24(22)31/h5-12,15-16,29H,13-14,17H2,1-4H3/t29-/m1/s1. The molecule has 1 aromatic heterocycles. The molecule has 0 saturated carbocycles. The van der Waals surface area contributed by atoms with E-state index in [0.29, 0.717) is 46.8 Å². The molecule has 0 unspecified atom stereocenters. The molecular formula is C30H29ClN2O5. The van der Waals surface area contributed by atoms with Gasteiger partial charge in [-0.15, -0.1) is 0 Å². The van der Waals surface area contributed by atoms with Gasteiger partial charge in [0.25, 0.3) is 0 Å². The van der Waals surface area contributed by atoms with Gasteiger partial charge < -0.3 is 23.5 Å². The molecule has 2 heterocycles. The van der Waals surface area contributed by atoms with Crippen molar-refractivity contribution in [2.24, 2.45) is 0 Å². The molecule has 4 aromatic rings. The van der Waals surface area contributed by atoms with E-state index in [0.717, 1.165) is 28.0 Å². The SMILES string of the molecule is COc1ccc(-c2nc(CC(=O)N3CCc4cc(OC)c(OC)cc4[C@H]3c3ccccc3Cl)c(C)o2)cc1. The van der Waals surface area contributed by atoms with Crippen LogP contribution in [-0.4, -0.2) is 43.7 Å². The van der Waals surface area contributed by atoms with Gasteiger partial charge in [-0.25, -0.2) is 4.98 Å². The average Bonchev–Trinajstić information content (AvgIpc) is 3.31. The number of aryl methyl sites for hydroxylation is 1. The van der Waals surface area contributed by atoms with Crippen molar-refractivity contribution in [1.82, 2.24) is 9.88 Å².